The van der Waals surface area contributed by atoms with Crippen molar-refractivity contribution in [3.8, 4) is 0 Å². The van der Waals surface area contributed by atoms with Gasteiger partial charge in [0.1, 0.15) is 0 Å². The van der Waals surface area contributed by atoms with Gasteiger partial charge in [-0.3, -0.25) is 9.59 Å². The molecule has 22 heavy (non-hydrogen) atoms. The van der Waals surface area contributed by atoms with Gasteiger partial charge in [0, 0.05) is 44.4 Å². The highest BCUT2D eigenvalue weighted by molar-refractivity contribution is 8.13. The Morgan fingerprint density at radius 3 is 2.55 bits per heavy atom. The van der Waals surface area contributed by atoms with Crippen LogP contribution in [-0.4, -0.2) is 72.5 Å². The van der Waals surface area contributed by atoms with E-state index in [0.717, 1.165) is 5.75 Å². The number of carbonyl (C=O) groups is 2. The van der Waals surface area contributed by atoms with Crippen molar-refractivity contribution in [3.63, 3.8) is 0 Å². The molecule has 9 heteroatoms. The van der Waals surface area contributed by atoms with Crippen LogP contribution in [-0.2, 0) is 14.8 Å². The Kier molecular flexibility index (Phi) is 6.10. The molecule has 2 aliphatic rings. The molecule has 2 aliphatic heterocycles. The van der Waals surface area contributed by atoms with Gasteiger partial charge < -0.3 is 10.2 Å². The Balaban J connectivity index is 1.69. The zero-order chi connectivity index (χ0) is 16.2. The molecule has 0 saturated carbocycles. The van der Waals surface area contributed by atoms with Gasteiger partial charge in [0.25, 0.3) is 5.24 Å². The van der Waals surface area contributed by atoms with Crippen molar-refractivity contribution in [1.82, 2.24) is 14.5 Å². The van der Waals surface area contributed by atoms with Crippen LogP contribution in [0.15, 0.2) is 0 Å². The fourth-order valence-corrected chi connectivity index (χ4v) is 4.61. The Morgan fingerprint density at radius 1 is 1.32 bits per heavy atom. The molecular weight excluding hydrogens is 326 g/mol. The molecule has 7 nitrogen and oxygen atoms in total. The van der Waals surface area contributed by atoms with Crippen LogP contribution in [0, 0.1) is 0 Å². The van der Waals surface area contributed by atoms with Crippen molar-refractivity contribution < 1.29 is 18.0 Å². The molecule has 2 rings (SSSR count). The maximum atomic E-state index is 11.9. The average molecular weight is 349 g/mol. The van der Waals surface area contributed by atoms with Crippen LogP contribution in [0.4, 0.5) is 4.79 Å². The molecule has 0 spiro atoms. The van der Waals surface area contributed by atoms with Gasteiger partial charge in [-0.25, -0.2) is 12.7 Å². The quantitative estimate of drug-likeness (QED) is 0.753. The van der Waals surface area contributed by atoms with Crippen molar-refractivity contribution in [2.45, 2.75) is 32.2 Å². The summed E-state index contributed by atoms with van der Waals surface area (Å²) in [5.74, 6) is 0.845. The van der Waals surface area contributed by atoms with Crippen LogP contribution in [0.25, 0.3) is 0 Å². The zero-order valence-corrected chi connectivity index (χ0v) is 14.4. The Bertz CT molecular complexity index is 515. The number of hydrogen-bond donors (Lipinski definition) is 1. The minimum absolute atomic E-state index is 0.0273. The van der Waals surface area contributed by atoms with Crippen LogP contribution in [0.5, 0.6) is 0 Å². The second kappa shape index (κ2) is 7.65. The van der Waals surface area contributed by atoms with Crippen molar-refractivity contribution >= 4 is 32.9 Å². The summed E-state index contributed by atoms with van der Waals surface area (Å²) in [6.45, 7) is 3.73. The molecule has 2 fully saturated rings. The van der Waals surface area contributed by atoms with E-state index in [0.29, 0.717) is 45.4 Å². The van der Waals surface area contributed by atoms with Gasteiger partial charge in [-0.15, -0.1) is 0 Å². The largest absolute Gasteiger partial charge is 0.353 e. The molecule has 2 saturated heterocycles. The van der Waals surface area contributed by atoms with E-state index in [4.69, 9.17) is 0 Å². The van der Waals surface area contributed by atoms with Crippen LogP contribution in [0.1, 0.15) is 26.2 Å². The van der Waals surface area contributed by atoms with Crippen LogP contribution in [0.2, 0.25) is 0 Å². The van der Waals surface area contributed by atoms with E-state index >= 15 is 0 Å². The molecule has 0 aromatic heterocycles. The van der Waals surface area contributed by atoms with Crippen LogP contribution >= 0.6 is 11.8 Å². The highest BCUT2D eigenvalue weighted by Crippen LogP contribution is 2.17. The van der Waals surface area contributed by atoms with Crippen molar-refractivity contribution in [3.05, 3.63) is 0 Å². The summed E-state index contributed by atoms with van der Waals surface area (Å²) in [4.78, 5) is 25.0. The number of sulfonamides is 1. The number of thioether (sulfide) groups is 1. The van der Waals surface area contributed by atoms with E-state index in [-0.39, 0.29) is 22.9 Å². The number of nitrogens with one attached hydrogen (secondary N) is 1. The number of amides is 2. The zero-order valence-electron chi connectivity index (χ0n) is 12.8. The smallest absolute Gasteiger partial charge is 0.281 e. The minimum atomic E-state index is -3.13. The first kappa shape index (κ1) is 17.6. The number of rotatable bonds is 6. The van der Waals surface area contributed by atoms with Crippen LogP contribution in [0.3, 0.4) is 0 Å². The highest BCUT2D eigenvalue weighted by atomic mass is 32.2. The molecule has 0 atom stereocenters. The maximum Gasteiger partial charge on any atom is 0.281 e. The number of hydrogen-bond acceptors (Lipinski definition) is 5. The SMILES string of the molecule is CCS(=O)(=O)N1CCC(NC(=O)CCN2CCSC2=O)CC1. The molecular formula is C13H23N3O4S2. The summed E-state index contributed by atoms with van der Waals surface area (Å²) >= 11 is 1.29. The van der Waals surface area contributed by atoms with Crippen molar-refractivity contribution in [2.24, 2.45) is 0 Å². The van der Waals surface area contributed by atoms with E-state index < -0.39 is 10.0 Å². The lowest BCUT2D eigenvalue weighted by Gasteiger charge is -2.31. The highest BCUT2D eigenvalue weighted by Gasteiger charge is 2.27. The Hall–Kier alpha value is -0.800. The summed E-state index contributed by atoms with van der Waals surface area (Å²) in [5, 5.41) is 2.99. The van der Waals surface area contributed by atoms with Crippen molar-refractivity contribution in [2.75, 3.05) is 37.7 Å². The first-order chi connectivity index (χ1) is 10.4. The van der Waals surface area contributed by atoms with Gasteiger partial charge >= 0.3 is 0 Å². The molecule has 0 aromatic rings. The Labute approximate surface area is 135 Å². The second-order valence-corrected chi connectivity index (χ2v) is 8.80. The molecule has 0 radical (unpaired) electrons. The molecule has 2 heterocycles. The minimum Gasteiger partial charge on any atom is -0.353 e. The fraction of sp³-hybridized carbons (Fsp3) is 0.846. The standard InChI is InChI=1S/C13H23N3O4S2/c1-2-22(19,20)16-7-3-11(4-8-16)14-12(17)5-6-15-9-10-21-13(15)18/h11H,2-10H2,1H3,(H,14,17). The van der Waals surface area contributed by atoms with Gasteiger partial charge in [-0.1, -0.05) is 11.8 Å². The third kappa shape index (κ3) is 4.60. The van der Waals surface area contributed by atoms with E-state index in [1.54, 1.807) is 11.8 Å². The van der Waals surface area contributed by atoms with Gasteiger partial charge in [-0.05, 0) is 19.8 Å². The molecule has 0 bridgehead atoms. The molecule has 0 aliphatic carbocycles. The molecule has 0 aromatic carbocycles. The monoisotopic (exact) mass is 349 g/mol. The Morgan fingerprint density at radius 2 is 2.00 bits per heavy atom. The maximum absolute atomic E-state index is 11.9. The first-order valence-corrected chi connectivity index (χ1v) is 10.2. The van der Waals surface area contributed by atoms with Crippen LogP contribution < -0.4 is 5.32 Å². The van der Waals surface area contributed by atoms with Gasteiger partial charge in [0.2, 0.25) is 15.9 Å². The van der Waals surface area contributed by atoms with E-state index in [1.807, 2.05) is 0 Å². The second-order valence-electron chi connectivity index (χ2n) is 5.49. The average Bonchev–Trinajstić information content (AvgIpc) is 2.91. The molecule has 0 unspecified atom stereocenters. The fourth-order valence-electron chi connectivity index (χ4n) is 2.63. The molecule has 126 valence electrons. The van der Waals surface area contributed by atoms with Gasteiger partial charge in [-0.2, -0.15) is 0 Å². The normalized spacial score (nSPS) is 21.3. The first-order valence-electron chi connectivity index (χ1n) is 7.61. The lowest BCUT2D eigenvalue weighted by molar-refractivity contribution is -0.122. The number of piperidine rings is 1. The third-order valence-electron chi connectivity index (χ3n) is 4.03. The lowest BCUT2D eigenvalue weighted by Crippen LogP contribution is -2.47. The van der Waals surface area contributed by atoms with E-state index in [2.05, 4.69) is 5.32 Å². The van der Waals surface area contributed by atoms with Gasteiger partial charge in [0.05, 0.1) is 5.75 Å². The predicted octanol–water partition coefficient (Wildman–Crippen LogP) is 0.476. The lowest BCUT2D eigenvalue weighted by atomic mass is 10.1. The van der Waals surface area contributed by atoms with Crippen molar-refractivity contribution in [1.29, 1.82) is 0 Å². The summed E-state index contributed by atoms with van der Waals surface area (Å²) < 4.78 is 25.0. The summed E-state index contributed by atoms with van der Waals surface area (Å²) in [5.41, 5.74) is 0. The van der Waals surface area contributed by atoms with E-state index in [9.17, 15) is 18.0 Å². The topological polar surface area (TPSA) is 86.8 Å². The molecule has 1 N–H and O–H groups in total. The summed E-state index contributed by atoms with van der Waals surface area (Å²) in [6, 6.07) is 0.0273. The number of nitrogens with zero attached hydrogens (tertiary/aromatic N) is 2. The number of carbonyl (C=O) groups excluding carboxylic acids is 2. The summed E-state index contributed by atoms with van der Waals surface area (Å²) in [6.07, 6.45) is 1.59. The third-order valence-corrected chi connectivity index (χ3v) is 6.80. The predicted molar refractivity (Wildman–Crippen MR) is 86.2 cm³/mol. The molecule has 2 amide bonds. The van der Waals surface area contributed by atoms with Gasteiger partial charge in [0.15, 0.2) is 0 Å². The van der Waals surface area contributed by atoms with E-state index in [1.165, 1.54) is 16.1 Å². The summed E-state index contributed by atoms with van der Waals surface area (Å²) in [7, 11) is -3.13.